The molecule has 0 aliphatic carbocycles. The standard InChI is InChI=1S/C13H9BrClN5O/c14-8-1-2-10-9(3-8)7(4-16-10)5-17-19-11-6-18-20-13(21)12(11)15/h1-6,16H,(H2,19,20,21)/b17-5+. The van der Waals surface area contributed by atoms with Crippen molar-refractivity contribution < 1.29 is 0 Å². The van der Waals surface area contributed by atoms with Crippen molar-refractivity contribution in [1.82, 2.24) is 15.2 Å². The van der Waals surface area contributed by atoms with Crippen LogP contribution in [0, 0.1) is 0 Å². The third-order valence-electron chi connectivity index (χ3n) is 2.86. The fourth-order valence-corrected chi connectivity index (χ4v) is 2.35. The number of aromatic amines is 2. The molecule has 106 valence electrons. The molecule has 0 bridgehead atoms. The van der Waals surface area contributed by atoms with Crippen molar-refractivity contribution >= 4 is 50.3 Å². The molecule has 0 fully saturated rings. The van der Waals surface area contributed by atoms with Crippen molar-refractivity contribution in [2.24, 2.45) is 5.10 Å². The number of hydrogen-bond acceptors (Lipinski definition) is 4. The molecular weight excluding hydrogens is 358 g/mol. The highest BCUT2D eigenvalue weighted by molar-refractivity contribution is 9.10. The van der Waals surface area contributed by atoms with Gasteiger partial charge in [0.1, 0.15) is 10.7 Å². The van der Waals surface area contributed by atoms with Gasteiger partial charge in [-0.2, -0.15) is 10.2 Å². The van der Waals surface area contributed by atoms with Gasteiger partial charge >= 0.3 is 0 Å². The summed E-state index contributed by atoms with van der Waals surface area (Å²) in [6.45, 7) is 0. The van der Waals surface area contributed by atoms with Crippen molar-refractivity contribution in [3.05, 3.63) is 56.0 Å². The molecule has 0 saturated carbocycles. The minimum absolute atomic E-state index is 0.0174. The highest BCUT2D eigenvalue weighted by Crippen LogP contribution is 2.21. The van der Waals surface area contributed by atoms with Crippen LogP contribution in [0.3, 0.4) is 0 Å². The molecule has 3 rings (SSSR count). The van der Waals surface area contributed by atoms with Gasteiger partial charge in [-0.05, 0) is 18.2 Å². The predicted molar refractivity (Wildman–Crippen MR) is 87.1 cm³/mol. The Morgan fingerprint density at radius 1 is 1.43 bits per heavy atom. The van der Waals surface area contributed by atoms with Crippen LogP contribution in [0.25, 0.3) is 10.9 Å². The Morgan fingerprint density at radius 2 is 2.29 bits per heavy atom. The minimum atomic E-state index is -0.465. The molecule has 0 atom stereocenters. The monoisotopic (exact) mass is 365 g/mol. The zero-order chi connectivity index (χ0) is 14.8. The topological polar surface area (TPSA) is 85.9 Å². The molecule has 0 aliphatic heterocycles. The molecule has 6 nitrogen and oxygen atoms in total. The smallest absolute Gasteiger partial charge is 0.285 e. The lowest BCUT2D eigenvalue weighted by Crippen LogP contribution is -2.10. The Labute approximate surface area is 132 Å². The number of anilines is 1. The number of hydrogen-bond donors (Lipinski definition) is 3. The molecule has 3 aromatic rings. The molecule has 0 unspecified atom stereocenters. The van der Waals surface area contributed by atoms with Crippen molar-refractivity contribution in [3.63, 3.8) is 0 Å². The number of aromatic nitrogens is 3. The van der Waals surface area contributed by atoms with E-state index in [2.05, 4.69) is 41.6 Å². The van der Waals surface area contributed by atoms with Gasteiger partial charge in [0.05, 0.1) is 12.4 Å². The van der Waals surface area contributed by atoms with Crippen molar-refractivity contribution in [2.75, 3.05) is 5.43 Å². The number of rotatable bonds is 3. The summed E-state index contributed by atoms with van der Waals surface area (Å²) in [6, 6.07) is 5.93. The SMILES string of the molecule is O=c1[nH]ncc(N/N=C/c2c[nH]c3ccc(Br)cc23)c1Cl. The van der Waals surface area contributed by atoms with Crippen LogP contribution in [0.1, 0.15) is 5.56 Å². The Hall–Kier alpha value is -2.12. The number of halogens is 2. The summed E-state index contributed by atoms with van der Waals surface area (Å²) in [5, 5.41) is 11.0. The van der Waals surface area contributed by atoms with E-state index in [-0.39, 0.29) is 5.02 Å². The maximum Gasteiger partial charge on any atom is 0.285 e. The van der Waals surface area contributed by atoms with Crippen LogP contribution in [0.5, 0.6) is 0 Å². The summed E-state index contributed by atoms with van der Waals surface area (Å²) in [5.74, 6) is 0. The highest BCUT2D eigenvalue weighted by atomic mass is 79.9. The highest BCUT2D eigenvalue weighted by Gasteiger charge is 2.04. The molecule has 0 radical (unpaired) electrons. The van der Waals surface area contributed by atoms with E-state index in [0.717, 1.165) is 20.9 Å². The molecule has 2 heterocycles. The van der Waals surface area contributed by atoms with Crippen LogP contribution in [0.4, 0.5) is 5.69 Å². The van der Waals surface area contributed by atoms with Crippen LogP contribution in [0.2, 0.25) is 5.02 Å². The molecule has 0 amide bonds. The lowest BCUT2D eigenvalue weighted by Gasteiger charge is -2.00. The van der Waals surface area contributed by atoms with E-state index in [1.54, 1.807) is 6.21 Å². The van der Waals surface area contributed by atoms with Gasteiger partial charge in [-0.3, -0.25) is 10.2 Å². The van der Waals surface area contributed by atoms with E-state index in [0.29, 0.717) is 5.69 Å². The van der Waals surface area contributed by atoms with E-state index in [1.165, 1.54) is 6.20 Å². The lowest BCUT2D eigenvalue weighted by atomic mass is 10.2. The van der Waals surface area contributed by atoms with Crippen molar-refractivity contribution in [3.8, 4) is 0 Å². The van der Waals surface area contributed by atoms with Gasteiger partial charge < -0.3 is 4.98 Å². The first-order valence-corrected chi connectivity index (χ1v) is 7.11. The van der Waals surface area contributed by atoms with Crippen molar-refractivity contribution in [1.29, 1.82) is 0 Å². The number of H-pyrrole nitrogens is 2. The van der Waals surface area contributed by atoms with Gasteiger partial charge in [0.25, 0.3) is 5.56 Å². The van der Waals surface area contributed by atoms with Gasteiger partial charge in [-0.1, -0.05) is 27.5 Å². The number of benzene rings is 1. The van der Waals surface area contributed by atoms with Gasteiger partial charge in [0, 0.05) is 27.1 Å². The second-order valence-corrected chi connectivity index (χ2v) is 5.52. The quantitative estimate of drug-likeness (QED) is 0.492. The number of nitrogens with zero attached hydrogens (tertiary/aromatic N) is 2. The van der Waals surface area contributed by atoms with Crippen LogP contribution < -0.4 is 11.0 Å². The third-order valence-corrected chi connectivity index (χ3v) is 3.73. The molecular formula is C13H9BrClN5O. The summed E-state index contributed by atoms with van der Waals surface area (Å²) in [4.78, 5) is 14.4. The minimum Gasteiger partial charge on any atom is -0.361 e. The lowest BCUT2D eigenvalue weighted by molar-refractivity contribution is 0.987. The van der Waals surface area contributed by atoms with E-state index < -0.39 is 5.56 Å². The average Bonchev–Trinajstić information content (AvgIpc) is 2.86. The maximum atomic E-state index is 11.3. The first-order valence-electron chi connectivity index (χ1n) is 5.94. The molecule has 2 aromatic heterocycles. The Balaban J connectivity index is 1.87. The van der Waals surface area contributed by atoms with Crippen LogP contribution >= 0.6 is 27.5 Å². The Morgan fingerprint density at radius 3 is 3.14 bits per heavy atom. The number of fused-ring (bicyclic) bond motifs is 1. The van der Waals surface area contributed by atoms with Gasteiger partial charge in [-0.25, -0.2) is 5.10 Å². The summed E-state index contributed by atoms with van der Waals surface area (Å²) < 4.78 is 0.985. The summed E-state index contributed by atoms with van der Waals surface area (Å²) in [5.41, 5.74) is 4.50. The second-order valence-electron chi connectivity index (χ2n) is 4.23. The Kier molecular flexibility index (Phi) is 3.76. The van der Waals surface area contributed by atoms with E-state index >= 15 is 0 Å². The van der Waals surface area contributed by atoms with E-state index in [1.807, 2.05) is 24.4 Å². The number of hydrazone groups is 1. The van der Waals surface area contributed by atoms with E-state index in [4.69, 9.17) is 11.6 Å². The fraction of sp³-hybridized carbons (Fsp3) is 0. The molecule has 1 aromatic carbocycles. The summed E-state index contributed by atoms with van der Waals surface area (Å²) >= 11 is 9.27. The zero-order valence-electron chi connectivity index (χ0n) is 10.5. The third kappa shape index (κ3) is 2.84. The summed E-state index contributed by atoms with van der Waals surface area (Å²) in [7, 11) is 0. The Bertz CT molecular complexity index is 886. The van der Waals surface area contributed by atoms with Gasteiger partial charge in [-0.15, -0.1) is 0 Å². The van der Waals surface area contributed by atoms with Crippen LogP contribution in [-0.2, 0) is 0 Å². The zero-order valence-corrected chi connectivity index (χ0v) is 12.9. The molecule has 0 saturated heterocycles. The normalized spacial score (nSPS) is 11.3. The second kappa shape index (κ2) is 5.71. The largest absolute Gasteiger partial charge is 0.361 e. The van der Waals surface area contributed by atoms with Gasteiger partial charge in [0.15, 0.2) is 0 Å². The average molecular weight is 367 g/mol. The van der Waals surface area contributed by atoms with Crippen molar-refractivity contribution in [2.45, 2.75) is 0 Å². The molecule has 0 aliphatic rings. The molecule has 0 spiro atoms. The van der Waals surface area contributed by atoms with Crippen LogP contribution in [-0.4, -0.2) is 21.4 Å². The first kappa shape index (κ1) is 13.8. The van der Waals surface area contributed by atoms with Crippen LogP contribution in [0.15, 0.2) is 45.0 Å². The molecule has 8 heteroatoms. The number of nitrogens with one attached hydrogen (secondary N) is 3. The predicted octanol–water partition coefficient (Wildman–Crippen LogP) is 3.11. The fourth-order valence-electron chi connectivity index (χ4n) is 1.85. The maximum absolute atomic E-state index is 11.3. The summed E-state index contributed by atoms with van der Waals surface area (Å²) in [6.07, 6.45) is 4.88. The van der Waals surface area contributed by atoms with Gasteiger partial charge in [0.2, 0.25) is 0 Å². The first-order chi connectivity index (χ1) is 10.1. The molecule has 21 heavy (non-hydrogen) atoms. The van der Waals surface area contributed by atoms with E-state index in [9.17, 15) is 4.79 Å². The molecule has 3 N–H and O–H groups in total.